The molecule has 0 bridgehead atoms. The molecule has 0 heterocycles. The number of rotatable bonds is 4. The number of hydrogen-bond donors (Lipinski definition) is 1. The Labute approximate surface area is 102 Å². The predicted octanol–water partition coefficient (Wildman–Crippen LogP) is 1.46. The fourth-order valence-corrected chi connectivity index (χ4v) is 1.31. The van der Waals surface area contributed by atoms with Crippen LogP contribution in [0.25, 0.3) is 0 Å². The zero-order valence-corrected chi connectivity index (χ0v) is 10.7. The van der Waals surface area contributed by atoms with Crippen LogP contribution in [0, 0.1) is 0 Å². The van der Waals surface area contributed by atoms with Gasteiger partial charge in [0, 0.05) is 25.3 Å². The minimum atomic E-state index is -0.453. The van der Waals surface area contributed by atoms with Gasteiger partial charge in [0.05, 0.1) is 6.04 Å². The van der Waals surface area contributed by atoms with Crippen LogP contribution in [0.5, 0.6) is 0 Å². The van der Waals surface area contributed by atoms with Gasteiger partial charge in [-0.1, -0.05) is 6.07 Å². The molecule has 1 aromatic rings. The van der Waals surface area contributed by atoms with Gasteiger partial charge in [-0.3, -0.25) is 9.59 Å². The van der Waals surface area contributed by atoms with Gasteiger partial charge in [0.1, 0.15) is 0 Å². The Hall–Kier alpha value is -1.84. The van der Waals surface area contributed by atoms with Crippen LogP contribution in [-0.4, -0.2) is 31.8 Å². The summed E-state index contributed by atoms with van der Waals surface area (Å²) in [6, 6.07) is 6.82. The zero-order chi connectivity index (χ0) is 13.0. The molecule has 0 spiro atoms. The van der Waals surface area contributed by atoms with Gasteiger partial charge in [-0.25, -0.2) is 0 Å². The highest BCUT2D eigenvalue weighted by Crippen LogP contribution is 2.13. The minimum Gasteiger partial charge on any atom is -0.378 e. The van der Waals surface area contributed by atoms with E-state index in [-0.39, 0.29) is 11.7 Å². The Morgan fingerprint density at radius 2 is 1.94 bits per heavy atom. The van der Waals surface area contributed by atoms with Gasteiger partial charge in [0.15, 0.2) is 5.78 Å². The van der Waals surface area contributed by atoms with E-state index in [4.69, 9.17) is 0 Å². The van der Waals surface area contributed by atoms with Crippen molar-refractivity contribution in [2.45, 2.75) is 19.9 Å². The maximum absolute atomic E-state index is 11.9. The molecule has 1 aromatic carbocycles. The predicted molar refractivity (Wildman–Crippen MR) is 68.4 cm³/mol. The van der Waals surface area contributed by atoms with E-state index in [0.29, 0.717) is 5.56 Å². The van der Waals surface area contributed by atoms with Crippen LogP contribution in [0.2, 0.25) is 0 Å². The number of Topliss-reactive ketones (excluding diaryl/α,β-unsaturated/α-hetero) is 1. The van der Waals surface area contributed by atoms with Crippen molar-refractivity contribution in [2.24, 2.45) is 0 Å². The van der Waals surface area contributed by atoms with Gasteiger partial charge in [-0.15, -0.1) is 0 Å². The third-order valence-electron chi connectivity index (χ3n) is 2.58. The summed E-state index contributed by atoms with van der Waals surface area (Å²) < 4.78 is 0. The lowest BCUT2D eigenvalue weighted by atomic mass is 10.1. The van der Waals surface area contributed by atoms with E-state index in [1.807, 2.05) is 31.1 Å². The highest BCUT2D eigenvalue weighted by atomic mass is 16.2. The van der Waals surface area contributed by atoms with E-state index in [1.165, 1.54) is 6.92 Å². The molecular formula is C13H18N2O2. The molecule has 0 aliphatic rings. The largest absolute Gasteiger partial charge is 0.378 e. The summed E-state index contributed by atoms with van der Waals surface area (Å²) in [7, 11) is 3.82. The minimum absolute atomic E-state index is 0.0536. The lowest BCUT2D eigenvalue weighted by Gasteiger charge is -2.14. The zero-order valence-electron chi connectivity index (χ0n) is 10.7. The first-order valence-corrected chi connectivity index (χ1v) is 5.50. The Morgan fingerprint density at radius 3 is 2.47 bits per heavy atom. The van der Waals surface area contributed by atoms with E-state index in [0.717, 1.165) is 5.69 Å². The molecule has 0 aliphatic carbocycles. The van der Waals surface area contributed by atoms with Crippen LogP contribution < -0.4 is 10.2 Å². The second-order valence-corrected chi connectivity index (χ2v) is 4.25. The van der Waals surface area contributed by atoms with Crippen LogP contribution in [0.15, 0.2) is 24.3 Å². The number of anilines is 1. The van der Waals surface area contributed by atoms with Crippen molar-refractivity contribution in [3.05, 3.63) is 29.8 Å². The van der Waals surface area contributed by atoms with Crippen LogP contribution in [0.1, 0.15) is 24.2 Å². The topological polar surface area (TPSA) is 49.4 Å². The fourth-order valence-electron chi connectivity index (χ4n) is 1.31. The molecule has 1 unspecified atom stereocenters. The van der Waals surface area contributed by atoms with Crippen molar-refractivity contribution >= 4 is 17.4 Å². The summed E-state index contributed by atoms with van der Waals surface area (Å²) in [5.41, 5.74) is 1.51. The van der Waals surface area contributed by atoms with Crippen molar-refractivity contribution < 1.29 is 9.59 Å². The molecule has 0 radical (unpaired) electrons. The molecule has 1 N–H and O–H groups in total. The second kappa shape index (κ2) is 5.48. The maximum atomic E-state index is 11.9. The highest BCUT2D eigenvalue weighted by molar-refractivity contribution is 5.98. The van der Waals surface area contributed by atoms with Crippen molar-refractivity contribution in [3.8, 4) is 0 Å². The van der Waals surface area contributed by atoms with Gasteiger partial charge in [0.25, 0.3) is 5.91 Å². The van der Waals surface area contributed by atoms with Crippen LogP contribution in [-0.2, 0) is 4.79 Å². The number of nitrogens with zero attached hydrogens (tertiary/aromatic N) is 1. The summed E-state index contributed by atoms with van der Waals surface area (Å²) in [6.45, 7) is 3.14. The van der Waals surface area contributed by atoms with E-state index in [1.54, 1.807) is 19.1 Å². The smallest absolute Gasteiger partial charge is 0.251 e. The number of benzene rings is 1. The monoisotopic (exact) mass is 234 g/mol. The Kier molecular flexibility index (Phi) is 4.26. The summed E-state index contributed by atoms with van der Waals surface area (Å²) in [6.07, 6.45) is 0. The van der Waals surface area contributed by atoms with E-state index >= 15 is 0 Å². The lowest BCUT2D eigenvalue weighted by molar-refractivity contribution is -0.118. The van der Waals surface area contributed by atoms with E-state index < -0.39 is 6.04 Å². The molecule has 0 saturated heterocycles. The summed E-state index contributed by atoms with van der Waals surface area (Å²) in [5, 5.41) is 2.65. The molecule has 0 fully saturated rings. The molecule has 0 saturated carbocycles. The number of hydrogen-bond acceptors (Lipinski definition) is 3. The quantitative estimate of drug-likeness (QED) is 0.858. The average Bonchev–Trinajstić information content (AvgIpc) is 2.28. The van der Waals surface area contributed by atoms with Gasteiger partial charge in [-0.05, 0) is 32.0 Å². The van der Waals surface area contributed by atoms with Crippen molar-refractivity contribution in [1.29, 1.82) is 0 Å². The van der Waals surface area contributed by atoms with Crippen LogP contribution in [0.3, 0.4) is 0 Å². The van der Waals surface area contributed by atoms with Gasteiger partial charge < -0.3 is 10.2 Å². The second-order valence-electron chi connectivity index (χ2n) is 4.25. The first-order valence-electron chi connectivity index (χ1n) is 5.50. The normalized spacial score (nSPS) is 11.8. The highest BCUT2D eigenvalue weighted by Gasteiger charge is 2.13. The van der Waals surface area contributed by atoms with Gasteiger partial charge >= 0.3 is 0 Å². The molecular weight excluding hydrogens is 216 g/mol. The maximum Gasteiger partial charge on any atom is 0.251 e. The number of ketones is 1. The van der Waals surface area contributed by atoms with E-state index in [2.05, 4.69) is 5.32 Å². The van der Waals surface area contributed by atoms with Crippen LogP contribution in [0.4, 0.5) is 5.69 Å². The third-order valence-corrected chi connectivity index (χ3v) is 2.58. The Bertz CT molecular complexity index is 427. The Morgan fingerprint density at radius 1 is 1.29 bits per heavy atom. The number of nitrogens with one attached hydrogen (secondary N) is 1. The first kappa shape index (κ1) is 13.2. The van der Waals surface area contributed by atoms with Gasteiger partial charge in [-0.2, -0.15) is 0 Å². The summed E-state index contributed by atoms with van der Waals surface area (Å²) >= 11 is 0. The van der Waals surface area contributed by atoms with Crippen molar-refractivity contribution in [2.75, 3.05) is 19.0 Å². The molecule has 0 aliphatic heterocycles. The standard InChI is InChI=1S/C13H18N2O2/c1-9(10(2)16)14-13(17)11-6-5-7-12(8-11)15(3)4/h5-9H,1-4H3,(H,14,17). The van der Waals surface area contributed by atoms with Crippen molar-refractivity contribution in [3.63, 3.8) is 0 Å². The molecule has 0 aromatic heterocycles. The number of carbonyl (C=O) groups is 2. The third kappa shape index (κ3) is 3.59. The number of carbonyl (C=O) groups excluding carboxylic acids is 2. The Balaban J connectivity index is 2.82. The van der Waals surface area contributed by atoms with E-state index in [9.17, 15) is 9.59 Å². The molecule has 1 rings (SSSR count). The van der Waals surface area contributed by atoms with Gasteiger partial charge in [0.2, 0.25) is 0 Å². The average molecular weight is 234 g/mol. The molecule has 1 amide bonds. The fraction of sp³-hybridized carbons (Fsp3) is 0.385. The molecule has 1 atom stereocenters. The SMILES string of the molecule is CC(=O)C(C)NC(=O)c1cccc(N(C)C)c1. The molecule has 17 heavy (non-hydrogen) atoms. The molecule has 4 nitrogen and oxygen atoms in total. The molecule has 4 heteroatoms. The first-order chi connectivity index (χ1) is 7.91. The summed E-state index contributed by atoms with van der Waals surface area (Å²) in [4.78, 5) is 24.8. The number of amides is 1. The van der Waals surface area contributed by atoms with Crippen LogP contribution >= 0.6 is 0 Å². The lowest BCUT2D eigenvalue weighted by Crippen LogP contribution is -2.37. The summed E-state index contributed by atoms with van der Waals surface area (Å²) in [5.74, 6) is -0.279. The van der Waals surface area contributed by atoms with Crippen molar-refractivity contribution in [1.82, 2.24) is 5.32 Å². The molecule has 92 valence electrons.